The van der Waals surface area contributed by atoms with Crippen LogP contribution in [-0.2, 0) is 6.42 Å². The SMILES string of the molecule is CCc1cc([N+](=O)[O-])c(OC2CC2)cn1. The van der Waals surface area contributed by atoms with Crippen molar-refractivity contribution in [1.82, 2.24) is 4.98 Å². The maximum absolute atomic E-state index is 10.8. The molecule has 1 aliphatic carbocycles. The minimum Gasteiger partial charge on any atom is -0.482 e. The fourth-order valence-corrected chi connectivity index (χ4v) is 1.27. The van der Waals surface area contributed by atoms with Crippen LogP contribution in [0.15, 0.2) is 12.3 Å². The number of nitro groups is 1. The molecule has 0 N–H and O–H groups in total. The molecular formula is C10H12N2O3. The molecule has 5 heteroatoms. The minimum atomic E-state index is -0.418. The first-order valence-electron chi connectivity index (χ1n) is 5.00. The monoisotopic (exact) mass is 208 g/mol. The Kier molecular flexibility index (Phi) is 2.53. The van der Waals surface area contributed by atoms with Crippen LogP contribution in [0.4, 0.5) is 5.69 Å². The van der Waals surface area contributed by atoms with Gasteiger partial charge in [-0.25, -0.2) is 0 Å². The quantitative estimate of drug-likeness (QED) is 0.561. The first-order valence-corrected chi connectivity index (χ1v) is 5.00. The van der Waals surface area contributed by atoms with Crippen LogP contribution in [0.3, 0.4) is 0 Å². The van der Waals surface area contributed by atoms with Gasteiger partial charge in [-0.1, -0.05) is 6.92 Å². The lowest BCUT2D eigenvalue weighted by Gasteiger charge is -2.05. The Hall–Kier alpha value is -1.65. The van der Waals surface area contributed by atoms with E-state index in [0.717, 1.165) is 12.8 Å². The van der Waals surface area contributed by atoms with Gasteiger partial charge in [-0.2, -0.15) is 0 Å². The zero-order valence-corrected chi connectivity index (χ0v) is 8.47. The van der Waals surface area contributed by atoms with E-state index in [1.165, 1.54) is 12.3 Å². The van der Waals surface area contributed by atoms with Gasteiger partial charge >= 0.3 is 5.69 Å². The van der Waals surface area contributed by atoms with Crippen LogP contribution in [-0.4, -0.2) is 16.0 Å². The molecule has 80 valence electrons. The van der Waals surface area contributed by atoms with Crippen LogP contribution in [0, 0.1) is 10.1 Å². The van der Waals surface area contributed by atoms with Crippen molar-refractivity contribution in [3.8, 4) is 5.75 Å². The van der Waals surface area contributed by atoms with Crippen molar-refractivity contribution in [1.29, 1.82) is 0 Å². The average molecular weight is 208 g/mol. The highest BCUT2D eigenvalue weighted by atomic mass is 16.6. The molecule has 1 fully saturated rings. The van der Waals surface area contributed by atoms with E-state index in [1.807, 2.05) is 6.92 Å². The van der Waals surface area contributed by atoms with Crippen LogP contribution in [0.1, 0.15) is 25.5 Å². The first kappa shape index (κ1) is 9.89. The summed E-state index contributed by atoms with van der Waals surface area (Å²) >= 11 is 0. The molecule has 2 rings (SSSR count). The molecule has 15 heavy (non-hydrogen) atoms. The van der Waals surface area contributed by atoms with Crippen LogP contribution in [0.2, 0.25) is 0 Å². The summed E-state index contributed by atoms with van der Waals surface area (Å²) in [7, 11) is 0. The lowest BCUT2D eigenvalue weighted by molar-refractivity contribution is -0.386. The number of ether oxygens (including phenoxy) is 1. The number of pyridine rings is 1. The van der Waals surface area contributed by atoms with Crippen LogP contribution in [0.5, 0.6) is 5.75 Å². The third-order valence-electron chi connectivity index (χ3n) is 2.28. The van der Waals surface area contributed by atoms with Crippen LogP contribution in [0.25, 0.3) is 0 Å². The van der Waals surface area contributed by atoms with Crippen molar-refractivity contribution in [2.24, 2.45) is 0 Å². The second-order valence-corrected chi connectivity index (χ2v) is 3.57. The Labute approximate surface area is 87.2 Å². The molecule has 0 aromatic carbocycles. The summed E-state index contributed by atoms with van der Waals surface area (Å²) in [5, 5.41) is 10.8. The Morgan fingerprint density at radius 2 is 2.40 bits per heavy atom. The number of nitrogens with zero attached hydrogens (tertiary/aromatic N) is 2. The van der Waals surface area contributed by atoms with Crippen molar-refractivity contribution in [2.45, 2.75) is 32.3 Å². The average Bonchev–Trinajstić information content (AvgIpc) is 3.02. The van der Waals surface area contributed by atoms with Crippen molar-refractivity contribution < 1.29 is 9.66 Å². The number of rotatable bonds is 4. The van der Waals surface area contributed by atoms with E-state index in [2.05, 4.69) is 4.98 Å². The van der Waals surface area contributed by atoms with Crippen LogP contribution < -0.4 is 4.74 Å². The third-order valence-corrected chi connectivity index (χ3v) is 2.28. The van der Waals surface area contributed by atoms with Gasteiger partial charge in [0, 0.05) is 11.8 Å². The molecule has 0 spiro atoms. The summed E-state index contributed by atoms with van der Waals surface area (Å²) in [6, 6.07) is 1.48. The molecule has 1 saturated carbocycles. The van der Waals surface area contributed by atoms with Gasteiger partial charge in [0.15, 0.2) is 0 Å². The van der Waals surface area contributed by atoms with Gasteiger partial charge in [0.25, 0.3) is 0 Å². The first-order chi connectivity index (χ1) is 7.20. The summed E-state index contributed by atoms with van der Waals surface area (Å²) in [6.45, 7) is 1.91. The van der Waals surface area contributed by atoms with E-state index in [9.17, 15) is 10.1 Å². The molecule has 0 bridgehead atoms. The van der Waals surface area contributed by atoms with E-state index in [1.54, 1.807) is 0 Å². The number of aryl methyl sites for hydroxylation is 1. The van der Waals surface area contributed by atoms with Gasteiger partial charge in [0.2, 0.25) is 5.75 Å². The van der Waals surface area contributed by atoms with Crippen molar-refractivity contribution in [3.63, 3.8) is 0 Å². The van der Waals surface area contributed by atoms with Gasteiger partial charge in [-0.15, -0.1) is 0 Å². The topological polar surface area (TPSA) is 65.3 Å². The van der Waals surface area contributed by atoms with E-state index >= 15 is 0 Å². The second kappa shape index (κ2) is 3.84. The molecular weight excluding hydrogens is 196 g/mol. The zero-order valence-electron chi connectivity index (χ0n) is 8.47. The summed E-state index contributed by atoms with van der Waals surface area (Å²) < 4.78 is 5.41. The fourth-order valence-electron chi connectivity index (χ4n) is 1.27. The van der Waals surface area contributed by atoms with E-state index < -0.39 is 4.92 Å². The molecule has 1 aromatic rings. The summed E-state index contributed by atoms with van der Waals surface area (Å²) in [6.07, 6.45) is 4.25. The van der Waals surface area contributed by atoms with Gasteiger partial charge in [0.05, 0.1) is 17.2 Å². The normalized spacial score (nSPS) is 15.0. The molecule has 1 heterocycles. The summed E-state index contributed by atoms with van der Waals surface area (Å²) in [4.78, 5) is 14.5. The Morgan fingerprint density at radius 1 is 1.67 bits per heavy atom. The lowest BCUT2D eigenvalue weighted by atomic mass is 10.2. The molecule has 0 saturated heterocycles. The summed E-state index contributed by atoms with van der Waals surface area (Å²) in [5.41, 5.74) is 0.735. The number of aromatic nitrogens is 1. The van der Waals surface area contributed by atoms with Gasteiger partial charge < -0.3 is 4.74 Å². The maximum Gasteiger partial charge on any atom is 0.314 e. The molecule has 5 nitrogen and oxygen atoms in total. The van der Waals surface area contributed by atoms with Crippen molar-refractivity contribution in [3.05, 3.63) is 28.1 Å². The molecule has 0 radical (unpaired) electrons. The third kappa shape index (κ3) is 2.23. The standard InChI is InChI=1S/C10H12N2O3/c1-2-7-5-9(12(13)14)10(6-11-7)15-8-3-4-8/h5-6,8H,2-4H2,1H3. The largest absolute Gasteiger partial charge is 0.482 e. The molecule has 0 atom stereocenters. The second-order valence-electron chi connectivity index (χ2n) is 3.57. The highest BCUT2D eigenvalue weighted by Gasteiger charge is 2.27. The smallest absolute Gasteiger partial charge is 0.314 e. The van der Waals surface area contributed by atoms with E-state index in [-0.39, 0.29) is 11.8 Å². The van der Waals surface area contributed by atoms with Crippen molar-refractivity contribution >= 4 is 5.69 Å². The zero-order chi connectivity index (χ0) is 10.8. The fraction of sp³-hybridized carbons (Fsp3) is 0.500. The number of hydrogen-bond donors (Lipinski definition) is 0. The van der Waals surface area contributed by atoms with E-state index in [0.29, 0.717) is 17.9 Å². The lowest BCUT2D eigenvalue weighted by Crippen LogP contribution is -2.02. The minimum absolute atomic E-state index is 0.0220. The molecule has 1 aliphatic rings. The number of hydrogen-bond acceptors (Lipinski definition) is 4. The molecule has 0 aliphatic heterocycles. The van der Waals surface area contributed by atoms with Gasteiger partial charge in [-0.05, 0) is 19.3 Å². The molecule has 0 unspecified atom stereocenters. The van der Waals surface area contributed by atoms with Crippen LogP contribution >= 0.6 is 0 Å². The predicted octanol–water partition coefficient (Wildman–Crippen LogP) is 2.09. The maximum atomic E-state index is 10.8. The predicted molar refractivity (Wildman–Crippen MR) is 53.9 cm³/mol. The Balaban J connectivity index is 2.29. The molecule has 0 amide bonds. The highest BCUT2D eigenvalue weighted by molar-refractivity contribution is 5.45. The molecule has 1 aromatic heterocycles. The Bertz CT molecular complexity index is 388. The van der Waals surface area contributed by atoms with Gasteiger partial charge in [-0.3, -0.25) is 15.1 Å². The van der Waals surface area contributed by atoms with E-state index in [4.69, 9.17) is 4.74 Å². The highest BCUT2D eigenvalue weighted by Crippen LogP contribution is 2.33. The van der Waals surface area contributed by atoms with Crippen molar-refractivity contribution in [2.75, 3.05) is 0 Å². The Morgan fingerprint density at radius 3 is 2.93 bits per heavy atom. The van der Waals surface area contributed by atoms with Gasteiger partial charge in [0.1, 0.15) is 0 Å². The summed E-state index contributed by atoms with van der Waals surface area (Å²) in [5.74, 6) is 0.291.